The van der Waals surface area contributed by atoms with E-state index in [0.717, 1.165) is 48.7 Å². The monoisotopic (exact) mass is 364 g/mol. The summed E-state index contributed by atoms with van der Waals surface area (Å²) in [5.41, 5.74) is 4.07. The summed E-state index contributed by atoms with van der Waals surface area (Å²) in [4.78, 5) is 16.2. The molecule has 1 saturated heterocycles. The maximum Gasteiger partial charge on any atom is 0.0889 e. The predicted octanol–water partition coefficient (Wildman–Crippen LogP) is 4.57. The first-order valence-corrected chi connectivity index (χ1v) is 9.36. The molecule has 1 aliphatic heterocycles. The fourth-order valence-electron chi connectivity index (χ4n) is 3.53. The minimum atomic E-state index is 0.402. The molecule has 1 fully saturated rings. The van der Waals surface area contributed by atoms with Gasteiger partial charge in [0.2, 0.25) is 0 Å². The first-order valence-electron chi connectivity index (χ1n) is 8.98. The molecular weight excluding hydrogens is 344 g/mol. The van der Waals surface area contributed by atoms with E-state index in [4.69, 9.17) is 16.6 Å². The highest BCUT2D eigenvalue weighted by molar-refractivity contribution is 6.30. The van der Waals surface area contributed by atoms with Crippen molar-refractivity contribution >= 4 is 11.6 Å². The lowest BCUT2D eigenvalue weighted by Gasteiger charge is -2.32. The molecule has 2 aromatic heterocycles. The number of rotatable bonds is 4. The van der Waals surface area contributed by atoms with Crippen molar-refractivity contribution in [3.63, 3.8) is 0 Å². The Bertz CT molecular complexity index is 869. The maximum atomic E-state index is 6.12. The highest BCUT2D eigenvalue weighted by Crippen LogP contribution is 2.28. The molecule has 0 saturated carbocycles. The molecule has 3 heterocycles. The van der Waals surface area contributed by atoms with Gasteiger partial charge in [-0.25, -0.2) is 4.98 Å². The zero-order chi connectivity index (χ0) is 17.8. The van der Waals surface area contributed by atoms with E-state index in [9.17, 15) is 0 Å². The zero-order valence-electron chi connectivity index (χ0n) is 14.6. The number of aromatic nitrogens is 3. The van der Waals surface area contributed by atoms with Gasteiger partial charge in [-0.15, -0.1) is 0 Å². The van der Waals surface area contributed by atoms with Crippen LogP contribution in [0, 0.1) is 0 Å². The molecule has 0 radical (unpaired) electrons. The normalized spacial score (nSPS) is 18.0. The van der Waals surface area contributed by atoms with E-state index in [0.29, 0.717) is 10.9 Å². The van der Waals surface area contributed by atoms with Gasteiger partial charge in [0.15, 0.2) is 0 Å². The maximum absolute atomic E-state index is 6.12. The average molecular weight is 365 g/mol. The number of nitrogens with zero attached hydrogens (tertiary/aromatic N) is 4. The van der Waals surface area contributed by atoms with Gasteiger partial charge in [-0.2, -0.15) is 0 Å². The SMILES string of the molecule is Clc1cccc(-c2cncc([C@@H]3CCCN(Cc4ccccn4)C3)n2)c1. The number of pyridine rings is 1. The summed E-state index contributed by atoms with van der Waals surface area (Å²) < 4.78 is 0. The van der Waals surface area contributed by atoms with Crippen LogP contribution in [0.5, 0.6) is 0 Å². The van der Waals surface area contributed by atoms with Crippen molar-refractivity contribution in [3.05, 3.63) is 77.5 Å². The van der Waals surface area contributed by atoms with E-state index in [1.807, 2.05) is 55.0 Å². The fraction of sp³-hybridized carbons (Fsp3) is 0.286. The summed E-state index contributed by atoms with van der Waals surface area (Å²) in [5, 5.41) is 0.717. The van der Waals surface area contributed by atoms with Crippen LogP contribution in [-0.4, -0.2) is 32.9 Å². The minimum absolute atomic E-state index is 0.402. The van der Waals surface area contributed by atoms with Crippen LogP contribution in [0.15, 0.2) is 61.1 Å². The molecule has 1 aliphatic rings. The van der Waals surface area contributed by atoms with Gasteiger partial charge in [-0.1, -0.05) is 29.8 Å². The number of halogens is 1. The Morgan fingerprint density at radius 1 is 1.12 bits per heavy atom. The first-order chi connectivity index (χ1) is 12.8. The Hall–Kier alpha value is -2.30. The van der Waals surface area contributed by atoms with Crippen LogP contribution in [0.4, 0.5) is 0 Å². The Labute approximate surface area is 158 Å². The van der Waals surface area contributed by atoms with Crippen molar-refractivity contribution in [1.29, 1.82) is 0 Å². The molecule has 0 spiro atoms. The third-order valence-electron chi connectivity index (χ3n) is 4.81. The lowest BCUT2D eigenvalue weighted by Crippen LogP contribution is -2.34. The third kappa shape index (κ3) is 4.09. The van der Waals surface area contributed by atoms with E-state index in [-0.39, 0.29) is 0 Å². The fourth-order valence-corrected chi connectivity index (χ4v) is 3.72. The van der Waals surface area contributed by atoms with Crippen molar-refractivity contribution in [2.45, 2.75) is 25.3 Å². The van der Waals surface area contributed by atoms with Gasteiger partial charge in [0.25, 0.3) is 0 Å². The van der Waals surface area contributed by atoms with Gasteiger partial charge in [0, 0.05) is 42.0 Å². The standard InChI is InChI=1S/C21H21ClN4/c22-18-7-3-5-16(11-18)20-12-23-13-21(25-20)17-6-4-10-26(14-17)15-19-8-1-2-9-24-19/h1-3,5,7-9,11-13,17H,4,6,10,14-15H2/t17-/m1/s1. The Kier molecular flexibility index (Phi) is 5.23. The lowest BCUT2D eigenvalue weighted by atomic mass is 9.94. The summed E-state index contributed by atoms with van der Waals surface area (Å²) in [6, 6.07) is 13.9. The van der Waals surface area contributed by atoms with Gasteiger partial charge < -0.3 is 0 Å². The number of piperidine rings is 1. The van der Waals surface area contributed by atoms with Crippen LogP contribution >= 0.6 is 11.6 Å². The molecule has 4 nitrogen and oxygen atoms in total. The average Bonchev–Trinajstić information content (AvgIpc) is 2.69. The van der Waals surface area contributed by atoms with E-state index >= 15 is 0 Å². The number of hydrogen-bond donors (Lipinski definition) is 0. The lowest BCUT2D eigenvalue weighted by molar-refractivity contribution is 0.196. The second kappa shape index (κ2) is 7.94. The van der Waals surface area contributed by atoms with E-state index in [2.05, 4.69) is 20.9 Å². The minimum Gasteiger partial charge on any atom is -0.297 e. The molecule has 4 rings (SSSR count). The van der Waals surface area contributed by atoms with E-state index in [1.54, 1.807) is 0 Å². The number of likely N-dealkylation sites (tertiary alicyclic amines) is 1. The topological polar surface area (TPSA) is 41.9 Å². The highest BCUT2D eigenvalue weighted by Gasteiger charge is 2.23. The number of benzene rings is 1. The highest BCUT2D eigenvalue weighted by atomic mass is 35.5. The zero-order valence-corrected chi connectivity index (χ0v) is 15.3. The molecule has 3 aromatic rings. The van der Waals surface area contributed by atoms with Crippen LogP contribution in [0.3, 0.4) is 0 Å². The smallest absolute Gasteiger partial charge is 0.0889 e. The Morgan fingerprint density at radius 3 is 2.92 bits per heavy atom. The molecule has 1 atom stereocenters. The molecule has 0 bridgehead atoms. The summed E-state index contributed by atoms with van der Waals surface area (Å²) in [5.74, 6) is 0.402. The molecule has 0 aliphatic carbocycles. The van der Waals surface area contributed by atoms with Crippen LogP contribution in [0.2, 0.25) is 5.02 Å². The summed E-state index contributed by atoms with van der Waals surface area (Å²) in [7, 11) is 0. The molecule has 26 heavy (non-hydrogen) atoms. The van der Waals surface area contributed by atoms with Crippen LogP contribution in [-0.2, 0) is 6.54 Å². The second-order valence-electron chi connectivity index (χ2n) is 6.73. The van der Waals surface area contributed by atoms with Gasteiger partial charge in [0.05, 0.1) is 23.3 Å². The van der Waals surface area contributed by atoms with E-state index < -0.39 is 0 Å². The molecule has 0 unspecified atom stereocenters. The molecular formula is C21H21ClN4. The van der Waals surface area contributed by atoms with Crippen molar-refractivity contribution in [1.82, 2.24) is 19.9 Å². The molecule has 5 heteroatoms. The number of hydrogen-bond acceptors (Lipinski definition) is 4. The van der Waals surface area contributed by atoms with E-state index in [1.165, 1.54) is 6.42 Å². The molecule has 0 N–H and O–H groups in total. The van der Waals surface area contributed by atoms with Gasteiger partial charge >= 0.3 is 0 Å². The second-order valence-corrected chi connectivity index (χ2v) is 7.17. The quantitative estimate of drug-likeness (QED) is 0.680. The summed E-state index contributed by atoms with van der Waals surface area (Å²) >= 11 is 6.12. The largest absolute Gasteiger partial charge is 0.297 e. The van der Waals surface area contributed by atoms with Gasteiger partial charge in [-0.3, -0.25) is 14.9 Å². The van der Waals surface area contributed by atoms with Crippen molar-refractivity contribution in [2.75, 3.05) is 13.1 Å². The first kappa shape index (κ1) is 17.1. The summed E-state index contributed by atoms with van der Waals surface area (Å²) in [6.45, 7) is 2.98. The predicted molar refractivity (Wildman–Crippen MR) is 104 cm³/mol. The molecule has 1 aromatic carbocycles. The van der Waals surface area contributed by atoms with Crippen LogP contribution in [0.1, 0.15) is 30.1 Å². The van der Waals surface area contributed by atoms with Crippen molar-refractivity contribution in [2.24, 2.45) is 0 Å². The Morgan fingerprint density at radius 2 is 2.08 bits per heavy atom. The summed E-state index contributed by atoms with van der Waals surface area (Å²) in [6.07, 6.45) is 7.89. The van der Waals surface area contributed by atoms with Crippen molar-refractivity contribution in [3.8, 4) is 11.3 Å². The van der Waals surface area contributed by atoms with Crippen LogP contribution in [0.25, 0.3) is 11.3 Å². The van der Waals surface area contributed by atoms with Crippen LogP contribution < -0.4 is 0 Å². The Balaban J connectivity index is 1.51. The molecule has 0 amide bonds. The third-order valence-corrected chi connectivity index (χ3v) is 5.04. The van der Waals surface area contributed by atoms with Gasteiger partial charge in [0.1, 0.15) is 0 Å². The molecule has 132 valence electrons. The van der Waals surface area contributed by atoms with Crippen molar-refractivity contribution < 1.29 is 0 Å². The van der Waals surface area contributed by atoms with Gasteiger partial charge in [-0.05, 0) is 43.7 Å².